The fourth-order valence-electron chi connectivity index (χ4n) is 3.34. The molecular weight excluding hydrogens is 340 g/mol. The Hall–Kier alpha value is -0.973. The molecule has 0 atom stereocenters. The maximum Gasteiger partial charge on any atom is 0.192 e. The van der Waals surface area contributed by atoms with E-state index < -0.39 is 8.32 Å². The van der Waals surface area contributed by atoms with Crippen LogP contribution in [0.5, 0.6) is 0 Å². The summed E-state index contributed by atoms with van der Waals surface area (Å²) in [5.74, 6) is 0. The summed E-state index contributed by atoms with van der Waals surface area (Å²) in [5, 5.41) is 0.234. The van der Waals surface area contributed by atoms with Crippen LogP contribution in [0.25, 0.3) is 0 Å². The molecule has 1 saturated carbocycles. The minimum atomic E-state index is -1.73. The van der Waals surface area contributed by atoms with Crippen molar-refractivity contribution in [3.05, 3.63) is 35.9 Å². The summed E-state index contributed by atoms with van der Waals surface area (Å²) in [6, 6.07) is 10.2. The van der Waals surface area contributed by atoms with Crippen molar-refractivity contribution >= 4 is 14.6 Å². The summed E-state index contributed by atoms with van der Waals surface area (Å²) in [7, 11) is -1.73. The van der Waals surface area contributed by atoms with Crippen LogP contribution in [-0.4, -0.2) is 27.3 Å². The largest absolute Gasteiger partial charge is 0.414 e. The van der Waals surface area contributed by atoms with Crippen LogP contribution in [-0.2, 0) is 20.6 Å². The Bertz CT molecular complexity index is 555. The zero-order valence-corrected chi connectivity index (χ0v) is 18.2. The molecule has 3 nitrogen and oxygen atoms in total. The fraction of sp³-hybridized carbons (Fsp3) is 0.682. The Morgan fingerprint density at radius 3 is 2.31 bits per heavy atom. The number of ether oxygens (including phenoxy) is 1. The first-order valence-corrected chi connectivity index (χ1v) is 12.8. The molecule has 0 heterocycles. The minimum absolute atomic E-state index is 0.218. The highest BCUT2D eigenvalue weighted by Gasteiger charge is 2.42. The minimum Gasteiger partial charge on any atom is -0.414 e. The normalized spacial score (nSPS) is 24.4. The van der Waals surface area contributed by atoms with Crippen molar-refractivity contribution in [1.82, 2.24) is 0 Å². The lowest BCUT2D eigenvalue weighted by Gasteiger charge is -2.43. The summed E-state index contributed by atoms with van der Waals surface area (Å²) in [5.41, 5.74) is 0.961. The van der Waals surface area contributed by atoms with Crippen molar-refractivity contribution in [1.29, 1.82) is 0 Å². The first kappa shape index (κ1) is 21.3. The third-order valence-corrected chi connectivity index (χ3v) is 10.8. The van der Waals surface area contributed by atoms with Crippen molar-refractivity contribution in [2.75, 3.05) is 6.61 Å². The highest BCUT2D eigenvalue weighted by atomic mass is 28.4. The number of benzene rings is 1. The summed E-state index contributed by atoms with van der Waals surface area (Å²) < 4.78 is 12.4. The van der Waals surface area contributed by atoms with Gasteiger partial charge in [0.15, 0.2) is 8.32 Å². The maximum absolute atomic E-state index is 11.8. The van der Waals surface area contributed by atoms with Crippen molar-refractivity contribution in [2.24, 2.45) is 5.41 Å². The molecule has 0 radical (unpaired) electrons. The van der Waals surface area contributed by atoms with Crippen molar-refractivity contribution in [3.63, 3.8) is 0 Å². The van der Waals surface area contributed by atoms with Crippen LogP contribution in [0.15, 0.2) is 30.3 Å². The number of aldehydes is 1. The standard InChI is InChI=1S/C22H36O3Si/c1-21(2,3)26(4,5)25-20-11-13-22(18-23,14-12-20)15-16-24-17-19-9-7-6-8-10-19/h6-10,18,20H,11-17H2,1-5H3. The zero-order chi connectivity index (χ0) is 19.3. The molecule has 1 fully saturated rings. The first-order valence-electron chi connectivity index (χ1n) is 9.93. The topological polar surface area (TPSA) is 35.5 Å². The molecule has 146 valence electrons. The van der Waals surface area contributed by atoms with Gasteiger partial charge in [0.05, 0.1) is 6.61 Å². The monoisotopic (exact) mass is 376 g/mol. The SMILES string of the molecule is CC(C)(C)[Si](C)(C)OC1CCC(C=O)(CCOCc2ccccc2)CC1. The van der Waals surface area contributed by atoms with Crippen LogP contribution in [0.2, 0.25) is 18.1 Å². The molecule has 2 rings (SSSR count). The predicted octanol–water partition coefficient (Wildman–Crippen LogP) is 5.74. The van der Waals surface area contributed by atoms with Gasteiger partial charge in [-0.3, -0.25) is 0 Å². The Labute approximate surface area is 160 Å². The molecule has 0 unspecified atom stereocenters. The van der Waals surface area contributed by atoms with E-state index >= 15 is 0 Å². The lowest BCUT2D eigenvalue weighted by molar-refractivity contribution is -0.120. The third-order valence-electron chi connectivity index (χ3n) is 6.30. The molecule has 26 heavy (non-hydrogen) atoms. The molecule has 0 aliphatic heterocycles. The van der Waals surface area contributed by atoms with Crippen molar-refractivity contribution < 1.29 is 14.0 Å². The van der Waals surface area contributed by atoms with Gasteiger partial charge in [0.2, 0.25) is 0 Å². The third kappa shape index (κ3) is 5.76. The Kier molecular flexibility index (Phi) is 7.23. The lowest BCUT2D eigenvalue weighted by Crippen LogP contribution is -2.45. The molecule has 1 aliphatic carbocycles. The van der Waals surface area contributed by atoms with Crippen LogP contribution in [0.3, 0.4) is 0 Å². The van der Waals surface area contributed by atoms with E-state index in [-0.39, 0.29) is 10.5 Å². The number of rotatable bonds is 8. The zero-order valence-electron chi connectivity index (χ0n) is 17.2. The second-order valence-corrected chi connectivity index (χ2v) is 14.1. The second-order valence-electron chi connectivity index (χ2n) is 9.35. The molecule has 1 aliphatic rings. The predicted molar refractivity (Wildman–Crippen MR) is 110 cm³/mol. The van der Waals surface area contributed by atoms with Gasteiger partial charge in [-0.15, -0.1) is 0 Å². The molecule has 4 heteroatoms. The quantitative estimate of drug-likeness (QED) is 0.329. The molecular formula is C22H36O3Si. The van der Waals surface area contributed by atoms with E-state index in [0.29, 0.717) is 19.3 Å². The van der Waals surface area contributed by atoms with Gasteiger partial charge >= 0.3 is 0 Å². The van der Waals surface area contributed by atoms with E-state index in [9.17, 15) is 4.79 Å². The molecule has 0 bridgehead atoms. The molecule has 1 aromatic carbocycles. The van der Waals surface area contributed by atoms with E-state index in [1.807, 2.05) is 18.2 Å². The second kappa shape index (κ2) is 8.81. The average molecular weight is 377 g/mol. The van der Waals surface area contributed by atoms with Crippen LogP contribution in [0, 0.1) is 5.41 Å². The average Bonchev–Trinajstić information content (AvgIpc) is 2.60. The van der Waals surface area contributed by atoms with E-state index in [0.717, 1.165) is 32.1 Å². The van der Waals surface area contributed by atoms with Gasteiger partial charge in [-0.2, -0.15) is 0 Å². The number of hydrogen-bond acceptors (Lipinski definition) is 3. The first-order chi connectivity index (χ1) is 12.2. The Morgan fingerprint density at radius 2 is 1.77 bits per heavy atom. The Morgan fingerprint density at radius 1 is 1.15 bits per heavy atom. The summed E-state index contributed by atoms with van der Waals surface area (Å²) in [6.07, 6.45) is 6.13. The van der Waals surface area contributed by atoms with E-state index in [1.54, 1.807) is 0 Å². The highest BCUT2D eigenvalue weighted by Crippen LogP contribution is 2.43. The number of carbonyl (C=O) groups is 1. The van der Waals surface area contributed by atoms with Gasteiger partial charge in [-0.05, 0) is 55.8 Å². The van der Waals surface area contributed by atoms with E-state index in [1.165, 1.54) is 11.8 Å². The molecule has 0 N–H and O–H groups in total. The summed E-state index contributed by atoms with van der Waals surface area (Å²) in [6.45, 7) is 12.7. The highest BCUT2D eigenvalue weighted by molar-refractivity contribution is 6.74. The van der Waals surface area contributed by atoms with Gasteiger partial charge in [0, 0.05) is 18.1 Å². The smallest absolute Gasteiger partial charge is 0.192 e. The van der Waals surface area contributed by atoms with E-state index in [4.69, 9.17) is 9.16 Å². The summed E-state index contributed by atoms with van der Waals surface area (Å²) >= 11 is 0. The lowest BCUT2D eigenvalue weighted by atomic mass is 9.72. The van der Waals surface area contributed by atoms with Gasteiger partial charge in [0.25, 0.3) is 0 Å². The van der Waals surface area contributed by atoms with Crippen LogP contribution in [0.4, 0.5) is 0 Å². The van der Waals surface area contributed by atoms with Crippen LogP contribution in [0.1, 0.15) is 58.4 Å². The molecule has 1 aromatic rings. The summed E-state index contributed by atoms with van der Waals surface area (Å²) in [4.78, 5) is 11.8. The Balaban J connectivity index is 1.78. The fourth-order valence-corrected chi connectivity index (χ4v) is 4.77. The van der Waals surface area contributed by atoms with Crippen LogP contribution < -0.4 is 0 Å². The van der Waals surface area contributed by atoms with Gasteiger partial charge < -0.3 is 14.0 Å². The van der Waals surface area contributed by atoms with Gasteiger partial charge in [-0.1, -0.05) is 51.1 Å². The van der Waals surface area contributed by atoms with Crippen LogP contribution >= 0.6 is 0 Å². The number of carbonyl (C=O) groups excluding carboxylic acids is 1. The van der Waals surface area contributed by atoms with Gasteiger partial charge in [-0.25, -0.2) is 0 Å². The molecule has 0 aromatic heterocycles. The molecule has 0 saturated heterocycles. The van der Waals surface area contributed by atoms with E-state index in [2.05, 4.69) is 46.0 Å². The number of hydrogen-bond donors (Lipinski definition) is 0. The molecule has 0 spiro atoms. The van der Waals surface area contributed by atoms with Gasteiger partial charge in [0.1, 0.15) is 6.29 Å². The maximum atomic E-state index is 11.8. The molecule has 0 amide bonds. The van der Waals surface area contributed by atoms with Crippen molar-refractivity contribution in [3.8, 4) is 0 Å². The van der Waals surface area contributed by atoms with Crippen molar-refractivity contribution in [2.45, 2.75) is 83.7 Å².